The van der Waals surface area contributed by atoms with Gasteiger partial charge in [0.25, 0.3) is 23.6 Å². The Morgan fingerprint density at radius 3 is 1.15 bits per heavy atom. The van der Waals surface area contributed by atoms with E-state index in [2.05, 4.69) is 98.8 Å². The summed E-state index contributed by atoms with van der Waals surface area (Å²) >= 11 is 8.83. The molecule has 6 aliphatic rings. The van der Waals surface area contributed by atoms with E-state index >= 15 is 0 Å². The number of carbonyl (C=O) groups excluding carboxylic acids is 8. The summed E-state index contributed by atoms with van der Waals surface area (Å²) in [5, 5.41) is 25.8. The second-order valence-corrected chi connectivity index (χ2v) is 35.1. The van der Waals surface area contributed by atoms with Gasteiger partial charge < -0.3 is 51.6 Å². The molecule has 6 amide bonds. The van der Waals surface area contributed by atoms with Gasteiger partial charge in [-0.2, -0.15) is 0 Å². The number of carbonyl (C=O) groups is 8. The summed E-state index contributed by atoms with van der Waals surface area (Å²) < 4.78 is 0. The summed E-state index contributed by atoms with van der Waals surface area (Å²) in [5.41, 5.74) is 31.0. The van der Waals surface area contributed by atoms with E-state index in [1.54, 1.807) is 62.2 Å². The van der Waals surface area contributed by atoms with E-state index in [0.29, 0.717) is 65.9 Å². The molecule has 2 saturated heterocycles. The molecule has 8 N–H and O–H groups in total. The molecular weight excluding hydrogens is 1670 g/mol. The van der Waals surface area contributed by atoms with E-state index in [0.717, 1.165) is 181 Å². The molecule has 676 valence electrons. The van der Waals surface area contributed by atoms with Crippen LogP contribution in [0.1, 0.15) is 244 Å². The van der Waals surface area contributed by atoms with E-state index in [1.807, 2.05) is 162 Å². The van der Waals surface area contributed by atoms with Gasteiger partial charge >= 0.3 is 14.1 Å². The molecule has 0 aliphatic carbocycles. The minimum absolute atomic E-state index is 0.0196. The summed E-state index contributed by atoms with van der Waals surface area (Å²) in [6, 6.07) is 58.3. The Labute approximate surface area is 769 Å². The van der Waals surface area contributed by atoms with E-state index in [-0.39, 0.29) is 72.9 Å². The number of rotatable bonds is 27. The van der Waals surface area contributed by atoms with Gasteiger partial charge in [-0.3, -0.25) is 48.2 Å². The Kier molecular flexibility index (Phi) is 42.4. The number of Topliss-reactive ketones (excluding diaryl/α,β-unsaturated/α-hetero) is 2. The fourth-order valence-electron chi connectivity index (χ4n) is 15.9. The maximum absolute atomic E-state index is 12.5. The van der Waals surface area contributed by atoms with E-state index < -0.39 is 0 Å². The molecule has 0 saturated carbocycles. The van der Waals surface area contributed by atoms with E-state index in [1.165, 1.54) is 59.9 Å². The predicted octanol–water partition coefficient (Wildman–Crippen LogP) is 19.8. The van der Waals surface area contributed by atoms with Gasteiger partial charge in [-0.05, 0) is 317 Å². The highest BCUT2D eigenvalue weighted by molar-refractivity contribution is 9.09. The smallest absolute Gasteiger partial charge is 0.376 e. The molecular formula is C103H134B2BrClN10O10. The summed E-state index contributed by atoms with van der Waals surface area (Å²) in [4.78, 5) is 108. The number of nitrogens with one attached hydrogen (secondary N) is 2. The fraction of sp³-hybridized carbons (Fsp3) is 0.417. The number of unbranched alkanes of at least 4 members (excludes halogenated alkanes) is 2. The van der Waals surface area contributed by atoms with E-state index in [4.69, 9.17) is 23.1 Å². The Balaban J connectivity index is 0.000000195. The minimum Gasteiger partial charge on any atom is -0.437 e. The maximum Gasteiger partial charge on any atom is 0.376 e. The van der Waals surface area contributed by atoms with Crippen molar-refractivity contribution in [1.29, 1.82) is 0 Å². The van der Waals surface area contributed by atoms with Crippen LogP contribution in [0.25, 0.3) is 11.1 Å². The first kappa shape index (κ1) is 102. The lowest BCUT2D eigenvalue weighted by molar-refractivity contribution is -0.119. The number of nitrogens with two attached hydrogens (primary N) is 2. The lowest BCUT2D eigenvalue weighted by atomic mass is 9.82. The second kappa shape index (κ2) is 52.5. The van der Waals surface area contributed by atoms with Crippen LogP contribution in [0.15, 0.2) is 194 Å². The first-order valence-electron chi connectivity index (χ1n) is 45.4. The van der Waals surface area contributed by atoms with E-state index in [9.17, 15) is 48.4 Å². The van der Waals surface area contributed by atoms with Crippen molar-refractivity contribution in [1.82, 2.24) is 29.2 Å². The molecule has 20 nitrogen and oxygen atoms in total. The second-order valence-electron chi connectivity index (χ2n) is 33.9. The number of ketones is 2. The first-order chi connectivity index (χ1) is 61.0. The minimum atomic E-state index is -0.362. The number of piperidine rings is 2. The summed E-state index contributed by atoms with van der Waals surface area (Å²) in [5.74, 6) is 1.22. The highest BCUT2D eigenvalue weighted by atomic mass is 79.9. The van der Waals surface area contributed by atoms with Crippen LogP contribution < -0.4 is 22.1 Å². The zero-order chi connectivity index (χ0) is 92.2. The third-order valence-electron chi connectivity index (χ3n) is 24.0. The number of nitrogens with zero attached hydrogens (tertiary/aromatic N) is 6. The van der Waals surface area contributed by atoms with Crippen molar-refractivity contribution < 1.29 is 48.4 Å². The van der Waals surface area contributed by atoms with Crippen molar-refractivity contribution in [2.75, 3.05) is 112 Å². The Morgan fingerprint density at radius 2 is 0.811 bits per heavy atom. The van der Waals surface area contributed by atoms with Gasteiger partial charge in [0, 0.05) is 95.9 Å². The highest BCUT2D eigenvalue weighted by Crippen LogP contribution is 2.34. The molecule has 24 heteroatoms. The quantitative estimate of drug-likeness (QED) is 0.00697. The number of amides is 6. The molecule has 6 heterocycles. The van der Waals surface area contributed by atoms with Gasteiger partial charge in [-0.25, -0.2) is 0 Å². The third kappa shape index (κ3) is 31.5. The number of alkyl halides is 2. The lowest BCUT2D eigenvalue weighted by Crippen LogP contribution is -2.39. The van der Waals surface area contributed by atoms with Crippen LogP contribution in [0.5, 0.6) is 0 Å². The van der Waals surface area contributed by atoms with Crippen molar-refractivity contribution in [3.8, 4) is 0 Å². The summed E-state index contributed by atoms with van der Waals surface area (Å²) in [7, 11) is -0.725. The van der Waals surface area contributed by atoms with Crippen LogP contribution in [-0.4, -0.2) is 190 Å². The SMILES string of the molecule is CB(O)N1CC=C(c2cccc(N)c2)CC1.CB(O)N1CC=C(c2cccc(N)c2)CC1.CC.CC(C)C(=O)Nc1cccc(C2CCN(CCCCN3C(=O)c4ccccc4C3=O)CC2)c1.Cc1ccc(C(=O)CCCN2CCC(c3cccc(NC(=O)C(C)C)c3)CC2)cc1C.Cc1ccc(C(=O)CCCl)cc1C.O=C1c2ccccc2C(=O)N1CCCCBr. The standard InChI is InChI=1S/C27H33N3O3.C27H36N2O2.2C12H17BN2O.C12H12BrNO2.C11H13ClO.C2H6/c1-19(2)25(31)28-22-9-7-8-21(18-22)20-12-16-29(17-13-20)14-5-6-15-30-26(32)23-10-3-4-11-24(23)27(30)33;1-19(2)27(31)28-25-8-5-7-23(18-25)22-12-15-29(16-13-22)14-6-9-26(30)24-11-10-20(3)21(4)17-24;2*1-13(16)15-7-5-10(6-8-15)11-3-2-4-12(14)9-11;13-7-3-4-8-14-11(15)9-5-1-2-6-10(9)12(14)16;1-8-3-4-10(7-9(8)2)11(13)5-6-12;1-2/h3-4,7-11,18-20H,5-6,12-17H2,1-2H3,(H,28,31);5,7-8,10-11,17-19,22H,6,9,12-16H2,1-4H3,(H,28,31);2*2-5,9,16H,6-8,14H2,1H3;1-2,5-6H,3-4,7-8H2;3-4,7H,5-6H2,1-2H3;1-2H3. The van der Waals surface area contributed by atoms with Crippen LogP contribution in [-0.2, 0) is 9.59 Å². The number of likely N-dealkylation sites (tertiary alicyclic amines) is 2. The molecule has 0 radical (unpaired) electrons. The van der Waals surface area contributed by atoms with Crippen LogP contribution in [0.2, 0.25) is 13.6 Å². The number of halogens is 2. The Hall–Kier alpha value is -9.94. The summed E-state index contributed by atoms with van der Waals surface area (Å²) in [6.07, 6.45) is 16.2. The number of hydrogen-bond acceptors (Lipinski definition) is 16. The maximum atomic E-state index is 12.5. The van der Waals surface area contributed by atoms with Gasteiger partial charge in [0.2, 0.25) is 11.8 Å². The molecule has 2 fully saturated rings. The van der Waals surface area contributed by atoms with Crippen LogP contribution in [0, 0.1) is 39.5 Å². The topological polar surface area (TPSA) is 273 Å². The monoisotopic (exact) mass is 1810 g/mol. The number of anilines is 4. The molecule has 8 aromatic carbocycles. The average molecular weight is 1810 g/mol. The molecule has 8 aromatic rings. The van der Waals surface area contributed by atoms with Gasteiger partial charge in [-0.1, -0.05) is 167 Å². The molecule has 0 atom stereocenters. The van der Waals surface area contributed by atoms with Gasteiger partial charge in [-0.15, -0.1) is 11.6 Å². The van der Waals surface area contributed by atoms with Crippen LogP contribution in [0.4, 0.5) is 22.7 Å². The zero-order valence-electron chi connectivity index (χ0n) is 76.8. The third-order valence-corrected chi connectivity index (χ3v) is 24.8. The normalized spacial score (nSPS) is 15.3. The largest absolute Gasteiger partial charge is 0.437 e. The van der Waals surface area contributed by atoms with Crippen molar-refractivity contribution >= 4 is 123 Å². The van der Waals surface area contributed by atoms with Crippen LogP contribution >= 0.6 is 27.5 Å². The molecule has 0 aromatic heterocycles. The number of imide groups is 2. The first-order valence-corrected chi connectivity index (χ1v) is 47.1. The molecule has 14 rings (SSSR count). The molecule has 0 spiro atoms. The highest BCUT2D eigenvalue weighted by Gasteiger charge is 2.36. The zero-order valence-corrected chi connectivity index (χ0v) is 79.1. The molecule has 127 heavy (non-hydrogen) atoms. The van der Waals surface area contributed by atoms with Crippen molar-refractivity contribution in [3.63, 3.8) is 0 Å². The summed E-state index contributed by atoms with van der Waals surface area (Å²) in [6.45, 7) is 34.0. The average Bonchev–Trinajstić information content (AvgIpc) is 1.64. The molecule has 0 bridgehead atoms. The van der Waals surface area contributed by atoms with Crippen molar-refractivity contribution in [3.05, 3.63) is 272 Å². The van der Waals surface area contributed by atoms with Crippen molar-refractivity contribution in [2.24, 2.45) is 11.8 Å². The number of hydrogen-bond donors (Lipinski definition) is 6. The number of aryl methyl sites for hydroxylation is 4. The number of benzene rings is 8. The predicted molar refractivity (Wildman–Crippen MR) is 527 cm³/mol. The molecule has 6 aliphatic heterocycles. The lowest BCUT2D eigenvalue weighted by Gasteiger charge is -2.32. The number of nitrogen functional groups attached to an aromatic ring is 2. The van der Waals surface area contributed by atoms with Crippen LogP contribution in [0.3, 0.4) is 0 Å². The Morgan fingerprint density at radius 1 is 0.449 bits per heavy atom. The van der Waals surface area contributed by atoms with Gasteiger partial charge in [0.05, 0.1) is 22.3 Å². The van der Waals surface area contributed by atoms with Gasteiger partial charge in [0.1, 0.15) is 0 Å². The Bertz CT molecular complexity index is 4890. The molecule has 0 unspecified atom stereocenters. The number of fused-ring (bicyclic) bond motifs is 2. The fourth-order valence-corrected chi connectivity index (χ4v) is 16.4. The van der Waals surface area contributed by atoms with Gasteiger partial charge in [0.15, 0.2) is 11.6 Å². The van der Waals surface area contributed by atoms with Crippen molar-refractivity contribution in [2.45, 2.75) is 178 Å².